The highest BCUT2D eigenvalue weighted by molar-refractivity contribution is 7.92. The Bertz CT molecular complexity index is 1360. The summed E-state index contributed by atoms with van der Waals surface area (Å²) in [5.74, 6) is -0.823. The van der Waals surface area contributed by atoms with E-state index in [4.69, 9.17) is 4.74 Å². The van der Waals surface area contributed by atoms with Gasteiger partial charge in [0.05, 0.1) is 17.5 Å². The molecule has 3 N–H and O–H groups in total. The Hall–Kier alpha value is -3.84. The second-order valence-corrected chi connectivity index (χ2v) is 8.90. The Morgan fingerprint density at radius 1 is 1.18 bits per heavy atom. The van der Waals surface area contributed by atoms with Crippen LogP contribution in [0, 0.1) is 0 Å². The average Bonchev–Trinajstić information content (AvgIpc) is 3.31. The number of amides is 1. The van der Waals surface area contributed by atoms with Gasteiger partial charge in [0.25, 0.3) is 21.5 Å². The first kappa shape index (κ1) is 22.4. The van der Waals surface area contributed by atoms with Crippen LogP contribution >= 0.6 is 0 Å². The molecule has 1 saturated heterocycles. The maximum atomic E-state index is 12.7. The van der Waals surface area contributed by atoms with E-state index in [1.807, 2.05) is 0 Å². The van der Waals surface area contributed by atoms with Gasteiger partial charge < -0.3 is 15.0 Å². The van der Waals surface area contributed by atoms with Crippen molar-refractivity contribution in [1.29, 1.82) is 0 Å². The molecule has 172 valence electrons. The number of ether oxygens (including phenoxy) is 1. The predicted octanol–water partition coefficient (Wildman–Crippen LogP) is 0.559. The zero-order chi connectivity index (χ0) is 23.4. The molecule has 0 bridgehead atoms. The molecular formula is C20H20N6O6S. The lowest BCUT2D eigenvalue weighted by atomic mass is 10.2. The Morgan fingerprint density at radius 2 is 1.91 bits per heavy atom. The fourth-order valence-electron chi connectivity index (χ4n) is 3.28. The highest BCUT2D eigenvalue weighted by Crippen LogP contribution is 2.17. The molecule has 1 fully saturated rings. The van der Waals surface area contributed by atoms with E-state index in [0.717, 1.165) is 23.6 Å². The fourth-order valence-corrected chi connectivity index (χ4v) is 4.24. The molecule has 1 unspecified atom stereocenters. The highest BCUT2D eigenvalue weighted by atomic mass is 32.2. The molecule has 1 aliphatic rings. The summed E-state index contributed by atoms with van der Waals surface area (Å²) in [7, 11) is -3.93. The van der Waals surface area contributed by atoms with Crippen molar-refractivity contribution in [2.75, 3.05) is 16.6 Å². The number of carbonyl (C=O) groups is 1. The lowest BCUT2D eigenvalue weighted by Crippen LogP contribution is -2.41. The van der Waals surface area contributed by atoms with Gasteiger partial charge in [0.1, 0.15) is 5.56 Å². The van der Waals surface area contributed by atoms with Crippen LogP contribution in [0.2, 0.25) is 0 Å². The lowest BCUT2D eigenvalue weighted by molar-refractivity contribution is 0.0941. The van der Waals surface area contributed by atoms with Crippen LogP contribution in [-0.2, 0) is 21.3 Å². The first-order valence-corrected chi connectivity index (χ1v) is 11.5. The third kappa shape index (κ3) is 5.15. The zero-order valence-electron chi connectivity index (χ0n) is 17.2. The van der Waals surface area contributed by atoms with Crippen molar-refractivity contribution < 1.29 is 17.9 Å². The number of aromatic nitrogens is 4. The van der Waals surface area contributed by atoms with Crippen molar-refractivity contribution in [1.82, 2.24) is 19.5 Å². The Morgan fingerprint density at radius 3 is 2.58 bits per heavy atom. The van der Waals surface area contributed by atoms with E-state index < -0.39 is 27.2 Å². The average molecular weight is 472 g/mol. The van der Waals surface area contributed by atoms with Crippen LogP contribution < -0.4 is 21.3 Å². The minimum atomic E-state index is -3.93. The molecule has 0 spiro atoms. The number of nitrogens with one attached hydrogen (secondary N) is 3. The topological polar surface area (TPSA) is 165 Å². The number of rotatable bonds is 7. The normalized spacial score (nSPS) is 15.8. The van der Waals surface area contributed by atoms with E-state index in [1.165, 1.54) is 36.7 Å². The van der Waals surface area contributed by atoms with Gasteiger partial charge in [0.15, 0.2) is 0 Å². The fraction of sp³-hybridized carbons (Fsp3) is 0.250. The number of H-pyrrole nitrogens is 1. The molecule has 1 atom stereocenters. The van der Waals surface area contributed by atoms with Gasteiger partial charge in [-0.2, -0.15) is 0 Å². The quantitative estimate of drug-likeness (QED) is 0.449. The van der Waals surface area contributed by atoms with Crippen LogP contribution in [0.5, 0.6) is 0 Å². The second kappa shape index (κ2) is 9.34. The third-order valence-corrected chi connectivity index (χ3v) is 6.27. The molecule has 1 aliphatic heterocycles. The summed E-state index contributed by atoms with van der Waals surface area (Å²) in [6, 6.07) is 6.85. The van der Waals surface area contributed by atoms with E-state index in [2.05, 4.69) is 25.0 Å². The number of anilines is 2. The number of benzene rings is 1. The predicted molar refractivity (Wildman–Crippen MR) is 118 cm³/mol. The summed E-state index contributed by atoms with van der Waals surface area (Å²) in [6.45, 7) is 0.622. The minimum absolute atomic E-state index is 0.0555. The largest absolute Gasteiger partial charge is 0.376 e. The molecule has 2 aromatic heterocycles. The van der Waals surface area contributed by atoms with Crippen molar-refractivity contribution in [3.05, 3.63) is 75.3 Å². The monoisotopic (exact) mass is 472 g/mol. The minimum Gasteiger partial charge on any atom is -0.376 e. The molecule has 4 rings (SSSR count). The van der Waals surface area contributed by atoms with Gasteiger partial charge in [-0.05, 0) is 43.2 Å². The Kier molecular flexibility index (Phi) is 6.33. The number of hydrogen-bond donors (Lipinski definition) is 3. The van der Waals surface area contributed by atoms with Gasteiger partial charge in [-0.15, -0.1) is 0 Å². The number of sulfonamides is 1. The Labute approximate surface area is 187 Å². The van der Waals surface area contributed by atoms with Crippen LogP contribution in [0.3, 0.4) is 0 Å². The summed E-state index contributed by atoms with van der Waals surface area (Å²) in [5, 5.41) is 2.52. The van der Waals surface area contributed by atoms with Crippen LogP contribution in [0.15, 0.2) is 63.4 Å². The van der Waals surface area contributed by atoms with E-state index in [1.54, 1.807) is 6.07 Å². The summed E-state index contributed by atoms with van der Waals surface area (Å²) < 4.78 is 33.5. The maximum Gasteiger partial charge on any atom is 0.328 e. The second-order valence-electron chi connectivity index (χ2n) is 7.21. The molecule has 3 heterocycles. The van der Waals surface area contributed by atoms with Gasteiger partial charge in [-0.25, -0.2) is 27.9 Å². The van der Waals surface area contributed by atoms with Crippen LogP contribution in [0.4, 0.5) is 11.6 Å². The van der Waals surface area contributed by atoms with Crippen molar-refractivity contribution in [2.24, 2.45) is 0 Å². The first-order valence-electron chi connectivity index (χ1n) is 9.99. The summed E-state index contributed by atoms with van der Waals surface area (Å²) in [4.78, 5) is 47.3. The van der Waals surface area contributed by atoms with Crippen LogP contribution in [-0.4, -0.2) is 46.6 Å². The van der Waals surface area contributed by atoms with E-state index in [-0.39, 0.29) is 34.7 Å². The lowest BCUT2D eigenvalue weighted by Gasteiger charge is -2.12. The summed E-state index contributed by atoms with van der Waals surface area (Å²) in [6.07, 6.45) is 5.16. The number of nitrogens with zero attached hydrogens (tertiary/aromatic N) is 3. The standard InChI is InChI=1S/C20H20N6O6S/c27-17(16-11-23-20(29)26(18(16)28)12-14-3-1-10-32-14)24-13-4-6-15(7-5-13)33(30,31)25-19-21-8-2-9-22-19/h2,4-9,11,14H,1,3,10,12H2,(H,23,29)(H,24,27)(H,21,22,25). The molecule has 33 heavy (non-hydrogen) atoms. The van der Waals surface area contributed by atoms with Crippen LogP contribution in [0.25, 0.3) is 0 Å². The van der Waals surface area contributed by atoms with Gasteiger partial charge in [-0.1, -0.05) is 0 Å². The molecule has 0 saturated carbocycles. The van der Waals surface area contributed by atoms with E-state index >= 15 is 0 Å². The SMILES string of the molecule is O=C(Nc1ccc(S(=O)(=O)Nc2ncccn2)cc1)c1c[nH]c(=O)n(CC2CCCO2)c1=O. The summed E-state index contributed by atoms with van der Waals surface area (Å²) in [5.41, 5.74) is -1.37. The van der Waals surface area contributed by atoms with Crippen molar-refractivity contribution in [3.8, 4) is 0 Å². The number of carbonyl (C=O) groups excluding carboxylic acids is 1. The first-order chi connectivity index (χ1) is 15.8. The van der Waals surface area contributed by atoms with Crippen molar-refractivity contribution in [3.63, 3.8) is 0 Å². The molecule has 13 heteroatoms. The molecular weight excluding hydrogens is 452 g/mol. The molecule has 3 aromatic rings. The van der Waals surface area contributed by atoms with Gasteiger partial charge >= 0.3 is 5.69 Å². The zero-order valence-corrected chi connectivity index (χ0v) is 18.0. The number of hydrogen-bond acceptors (Lipinski definition) is 8. The van der Waals surface area contributed by atoms with Gasteiger partial charge in [0.2, 0.25) is 5.95 Å². The van der Waals surface area contributed by atoms with Crippen molar-refractivity contribution in [2.45, 2.75) is 30.4 Å². The number of aromatic amines is 1. The van der Waals surface area contributed by atoms with Crippen LogP contribution in [0.1, 0.15) is 23.2 Å². The highest BCUT2D eigenvalue weighted by Gasteiger charge is 2.21. The maximum absolute atomic E-state index is 12.7. The Balaban J connectivity index is 1.49. The van der Waals surface area contributed by atoms with E-state index in [0.29, 0.717) is 6.61 Å². The molecule has 0 radical (unpaired) electrons. The van der Waals surface area contributed by atoms with Gasteiger partial charge in [0, 0.05) is 30.9 Å². The molecule has 1 aromatic carbocycles. The summed E-state index contributed by atoms with van der Waals surface area (Å²) >= 11 is 0. The molecule has 0 aliphatic carbocycles. The van der Waals surface area contributed by atoms with Gasteiger partial charge in [-0.3, -0.25) is 14.2 Å². The molecule has 12 nitrogen and oxygen atoms in total. The molecule has 1 amide bonds. The smallest absolute Gasteiger partial charge is 0.328 e. The van der Waals surface area contributed by atoms with Crippen molar-refractivity contribution >= 4 is 27.6 Å². The third-order valence-electron chi connectivity index (χ3n) is 4.93. The van der Waals surface area contributed by atoms with E-state index in [9.17, 15) is 22.8 Å².